The number of sulfonamides is 1. The smallest absolute Gasteiger partial charge is 0.244 e. The van der Waals surface area contributed by atoms with E-state index in [1.165, 1.54) is 23.1 Å². The normalized spacial score (nSPS) is 12.2. The van der Waals surface area contributed by atoms with Crippen LogP contribution in [0.3, 0.4) is 0 Å². The van der Waals surface area contributed by atoms with Gasteiger partial charge in [0.1, 0.15) is 12.6 Å². The maximum atomic E-state index is 13.4. The van der Waals surface area contributed by atoms with Crippen LogP contribution in [0.5, 0.6) is 0 Å². The first-order valence-electron chi connectivity index (χ1n) is 9.69. The number of likely N-dealkylation sites (N-methyl/N-ethyl adjacent to an activating group) is 1. The second-order valence-electron chi connectivity index (χ2n) is 7.05. The summed E-state index contributed by atoms with van der Waals surface area (Å²) in [6.07, 6.45) is 0.961. The predicted octanol–water partition coefficient (Wildman–Crippen LogP) is 3.97. The van der Waals surface area contributed by atoms with Gasteiger partial charge in [0.05, 0.1) is 17.0 Å². The number of hydrogen-bond donors (Lipinski definition) is 1. The molecule has 0 aromatic heterocycles. The minimum atomic E-state index is -3.91. The summed E-state index contributed by atoms with van der Waals surface area (Å²) < 4.78 is 25.9. The zero-order chi connectivity index (χ0) is 24.1. The molecule has 1 atom stereocenters. The second-order valence-corrected chi connectivity index (χ2v) is 10.2. The number of carbonyl (C=O) groups is 2. The van der Waals surface area contributed by atoms with Crippen molar-refractivity contribution in [3.05, 3.63) is 63.1 Å². The molecule has 2 rings (SSSR count). The zero-order valence-corrected chi connectivity index (χ0v) is 20.9. The molecule has 32 heavy (non-hydrogen) atoms. The third kappa shape index (κ3) is 6.75. The topological polar surface area (TPSA) is 86.8 Å². The first kappa shape index (κ1) is 26.3. The third-order valence-corrected chi connectivity index (χ3v) is 6.72. The maximum absolute atomic E-state index is 13.4. The van der Waals surface area contributed by atoms with E-state index < -0.39 is 28.5 Å². The summed E-state index contributed by atoms with van der Waals surface area (Å²) in [7, 11) is -3.91. The molecule has 0 aliphatic heterocycles. The van der Waals surface area contributed by atoms with Crippen molar-refractivity contribution in [3.8, 4) is 0 Å². The minimum absolute atomic E-state index is 0.0116. The fourth-order valence-electron chi connectivity index (χ4n) is 2.99. The number of amides is 2. The number of nitrogens with one attached hydrogen (secondary N) is 1. The lowest BCUT2D eigenvalue weighted by Gasteiger charge is -2.31. The van der Waals surface area contributed by atoms with Crippen LogP contribution >= 0.6 is 34.8 Å². The number of hydrogen-bond acceptors (Lipinski definition) is 4. The molecular weight excluding hydrogens is 497 g/mol. The number of anilines is 1. The van der Waals surface area contributed by atoms with Crippen molar-refractivity contribution in [2.24, 2.45) is 0 Å². The number of benzene rings is 2. The quantitative estimate of drug-likeness (QED) is 0.542. The molecule has 0 spiro atoms. The van der Waals surface area contributed by atoms with Crippen molar-refractivity contribution in [1.82, 2.24) is 10.2 Å². The van der Waals surface area contributed by atoms with Crippen LogP contribution in [-0.4, -0.2) is 50.5 Å². The van der Waals surface area contributed by atoms with Crippen LogP contribution in [0.2, 0.25) is 15.1 Å². The maximum Gasteiger partial charge on any atom is 0.244 e. The van der Waals surface area contributed by atoms with Crippen LogP contribution in [0.1, 0.15) is 19.4 Å². The van der Waals surface area contributed by atoms with Gasteiger partial charge >= 0.3 is 0 Å². The van der Waals surface area contributed by atoms with Gasteiger partial charge in [-0.25, -0.2) is 8.42 Å². The Morgan fingerprint density at radius 3 is 2.31 bits per heavy atom. The molecule has 0 fully saturated rings. The molecule has 1 N–H and O–H groups in total. The van der Waals surface area contributed by atoms with Crippen molar-refractivity contribution >= 4 is 62.3 Å². The number of nitrogens with zero attached hydrogens (tertiary/aromatic N) is 2. The molecule has 0 bridgehead atoms. The summed E-state index contributed by atoms with van der Waals surface area (Å²) in [5.74, 6) is -0.982. The highest BCUT2D eigenvalue weighted by Gasteiger charge is 2.31. The van der Waals surface area contributed by atoms with Crippen LogP contribution < -0.4 is 9.62 Å². The van der Waals surface area contributed by atoms with Crippen LogP contribution in [0, 0.1) is 0 Å². The SMILES string of the molecule is CCNC(=O)C(C)N(Cc1ccccc1Cl)C(=O)CN(c1cc(Cl)ccc1Cl)S(C)(=O)=O. The Balaban J connectivity index is 2.45. The highest BCUT2D eigenvalue weighted by atomic mass is 35.5. The highest BCUT2D eigenvalue weighted by Crippen LogP contribution is 2.31. The fourth-order valence-corrected chi connectivity index (χ4v) is 4.47. The van der Waals surface area contributed by atoms with Gasteiger partial charge in [0, 0.05) is 23.1 Å². The summed E-state index contributed by atoms with van der Waals surface area (Å²) in [5, 5.41) is 3.47. The van der Waals surface area contributed by atoms with Gasteiger partial charge in [0.15, 0.2) is 0 Å². The minimum Gasteiger partial charge on any atom is -0.355 e. The lowest BCUT2D eigenvalue weighted by Crippen LogP contribution is -2.51. The van der Waals surface area contributed by atoms with E-state index in [9.17, 15) is 18.0 Å². The number of carbonyl (C=O) groups excluding carboxylic acids is 2. The molecular formula is C21H24Cl3N3O4S. The van der Waals surface area contributed by atoms with E-state index in [-0.39, 0.29) is 28.2 Å². The summed E-state index contributed by atoms with van der Waals surface area (Å²) in [6, 6.07) is 10.4. The lowest BCUT2D eigenvalue weighted by atomic mass is 10.1. The van der Waals surface area contributed by atoms with Crippen LogP contribution in [0.25, 0.3) is 0 Å². The summed E-state index contributed by atoms with van der Waals surface area (Å²) in [5.41, 5.74) is 0.684. The number of halogens is 3. The van der Waals surface area contributed by atoms with E-state index in [1.807, 2.05) is 0 Å². The van der Waals surface area contributed by atoms with E-state index in [1.54, 1.807) is 38.1 Å². The Morgan fingerprint density at radius 1 is 1.06 bits per heavy atom. The molecule has 174 valence electrons. The molecule has 0 aliphatic carbocycles. The molecule has 0 radical (unpaired) electrons. The largest absolute Gasteiger partial charge is 0.355 e. The Kier molecular flexibility index (Phi) is 9.21. The molecule has 11 heteroatoms. The molecule has 2 aromatic rings. The lowest BCUT2D eigenvalue weighted by molar-refractivity contribution is -0.139. The van der Waals surface area contributed by atoms with Crippen molar-refractivity contribution in [1.29, 1.82) is 0 Å². The summed E-state index contributed by atoms with van der Waals surface area (Å²) in [6.45, 7) is 3.14. The zero-order valence-electron chi connectivity index (χ0n) is 17.8. The van der Waals surface area contributed by atoms with E-state index in [0.717, 1.165) is 10.6 Å². The third-order valence-electron chi connectivity index (χ3n) is 4.67. The van der Waals surface area contributed by atoms with E-state index >= 15 is 0 Å². The van der Waals surface area contributed by atoms with Crippen LogP contribution in [-0.2, 0) is 26.2 Å². The first-order chi connectivity index (χ1) is 15.0. The van der Waals surface area contributed by atoms with Gasteiger partial charge < -0.3 is 10.2 Å². The van der Waals surface area contributed by atoms with Gasteiger partial charge in [0.2, 0.25) is 21.8 Å². The van der Waals surface area contributed by atoms with Gasteiger partial charge in [0.25, 0.3) is 0 Å². The van der Waals surface area contributed by atoms with Gasteiger partial charge in [-0.2, -0.15) is 0 Å². The molecule has 2 amide bonds. The molecule has 0 saturated heterocycles. The first-order valence-corrected chi connectivity index (χ1v) is 12.7. The van der Waals surface area contributed by atoms with Crippen molar-refractivity contribution in [3.63, 3.8) is 0 Å². The van der Waals surface area contributed by atoms with E-state index in [0.29, 0.717) is 17.1 Å². The van der Waals surface area contributed by atoms with Crippen molar-refractivity contribution in [2.75, 3.05) is 23.7 Å². The predicted molar refractivity (Wildman–Crippen MR) is 129 cm³/mol. The molecule has 7 nitrogen and oxygen atoms in total. The molecule has 0 aliphatic rings. The average Bonchev–Trinajstić information content (AvgIpc) is 2.72. The van der Waals surface area contributed by atoms with Gasteiger partial charge in [-0.1, -0.05) is 53.0 Å². The molecule has 0 heterocycles. The fraction of sp³-hybridized carbons (Fsp3) is 0.333. The number of rotatable bonds is 9. The molecule has 1 unspecified atom stereocenters. The summed E-state index contributed by atoms with van der Waals surface area (Å²) in [4.78, 5) is 27.1. The van der Waals surface area contributed by atoms with Gasteiger partial charge in [-0.3, -0.25) is 13.9 Å². The van der Waals surface area contributed by atoms with Gasteiger partial charge in [-0.15, -0.1) is 0 Å². The van der Waals surface area contributed by atoms with E-state index in [2.05, 4.69) is 5.32 Å². The Labute approximate surface area is 203 Å². The summed E-state index contributed by atoms with van der Waals surface area (Å²) >= 11 is 18.5. The highest BCUT2D eigenvalue weighted by molar-refractivity contribution is 7.92. The van der Waals surface area contributed by atoms with Crippen LogP contribution in [0.15, 0.2) is 42.5 Å². The monoisotopic (exact) mass is 519 g/mol. The average molecular weight is 521 g/mol. The Morgan fingerprint density at radius 2 is 1.72 bits per heavy atom. The van der Waals surface area contributed by atoms with Crippen LogP contribution in [0.4, 0.5) is 5.69 Å². The molecule has 2 aromatic carbocycles. The van der Waals surface area contributed by atoms with Gasteiger partial charge in [-0.05, 0) is 43.7 Å². The molecule has 0 saturated carbocycles. The van der Waals surface area contributed by atoms with E-state index in [4.69, 9.17) is 34.8 Å². The van der Waals surface area contributed by atoms with Crippen molar-refractivity contribution in [2.45, 2.75) is 26.4 Å². The Bertz CT molecular complexity index is 1100. The van der Waals surface area contributed by atoms with Crippen molar-refractivity contribution < 1.29 is 18.0 Å². The standard InChI is InChI=1S/C21H24Cl3N3O4S/c1-4-25-21(29)14(2)26(12-15-7-5-6-8-17(15)23)20(28)13-27(32(3,30)31)19-11-16(22)9-10-18(19)24/h5-11,14H,4,12-13H2,1-3H3,(H,25,29). The Hall–Kier alpha value is -2.00. The second kappa shape index (κ2) is 11.2.